The summed E-state index contributed by atoms with van der Waals surface area (Å²) in [5.74, 6) is -0.605. The second-order valence-corrected chi connectivity index (χ2v) is 21.9. The molecule has 2 aliphatic heterocycles. The SMILES string of the molecule is O=C(c1ccc(N2CCN(CC3=C(c4ccc(Cl)cc4)CCCC3)CC2)cc1)N(N[C@H](CCN1CCCCCC1)CSc1ccccc1)S(=O)(=O)c1cccc(S(=O)(=O)C(F)(F)F)c1. The number of rotatable bonds is 16. The molecule has 2 saturated heterocycles. The highest BCUT2D eigenvalue weighted by molar-refractivity contribution is 7.99. The minimum atomic E-state index is -5.90. The minimum Gasteiger partial charge on any atom is -0.369 e. The summed E-state index contributed by atoms with van der Waals surface area (Å²) in [6.07, 6.45) is 9.26. The zero-order valence-corrected chi connectivity index (χ0v) is 38.9. The van der Waals surface area contributed by atoms with Gasteiger partial charge in [-0.15, -0.1) is 11.8 Å². The average Bonchev–Trinajstić information content (AvgIpc) is 3.58. The number of carbonyl (C=O) groups excluding carboxylic acids is 1. The van der Waals surface area contributed by atoms with Crippen LogP contribution >= 0.6 is 23.4 Å². The van der Waals surface area contributed by atoms with Crippen molar-refractivity contribution in [3.8, 4) is 0 Å². The molecule has 0 radical (unpaired) electrons. The molecule has 0 saturated carbocycles. The molecule has 10 nitrogen and oxygen atoms in total. The molecule has 3 aliphatic rings. The van der Waals surface area contributed by atoms with Crippen molar-refractivity contribution in [2.75, 3.05) is 63.0 Å². The Bertz CT molecular complexity index is 2440. The van der Waals surface area contributed by atoms with E-state index >= 15 is 0 Å². The van der Waals surface area contributed by atoms with E-state index in [0.717, 1.165) is 112 Å². The number of amides is 1. The van der Waals surface area contributed by atoms with Crippen LogP contribution in [0.3, 0.4) is 0 Å². The van der Waals surface area contributed by atoms with Crippen LogP contribution in [0.2, 0.25) is 5.02 Å². The van der Waals surface area contributed by atoms with Crippen LogP contribution in [0.5, 0.6) is 0 Å². The topological polar surface area (TPSA) is 110 Å². The lowest BCUT2D eigenvalue weighted by atomic mass is 9.87. The molecule has 0 unspecified atom stereocenters. The number of sulfonamides is 1. The Morgan fingerprint density at radius 1 is 0.734 bits per heavy atom. The van der Waals surface area contributed by atoms with Gasteiger partial charge in [-0.2, -0.15) is 26.0 Å². The van der Waals surface area contributed by atoms with Gasteiger partial charge in [0, 0.05) is 65.7 Å². The molecular formula is C47H55ClF3N5O5S3. The van der Waals surface area contributed by atoms with Crippen LogP contribution in [0, 0.1) is 0 Å². The number of halogens is 4. The van der Waals surface area contributed by atoms with Gasteiger partial charge in [-0.25, -0.2) is 13.8 Å². The van der Waals surface area contributed by atoms with Gasteiger partial charge in [0.2, 0.25) is 0 Å². The highest BCUT2D eigenvalue weighted by Crippen LogP contribution is 2.35. The van der Waals surface area contributed by atoms with Gasteiger partial charge < -0.3 is 9.80 Å². The predicted octanol–water partition coefficient (Wildman–Crippen LogP) is 9.55. The van der Waals surface area contributed by atoms with Crippen molar-refractivity contribution in [3.63, 3.8) is 0 Å². The Morgan fingerprint density at radius 3 is 2.06 bits per heavy atom. The number of anilines is 1. The molecule has 4 aromatic carbocycles. The van der Waals surface area contributed by atoms with E-state index in [2.05, 4.69) is 32.3 Å². The van der Waals surface area contributed by atoms with Crippen LogP contribution < -0.4 is 10.3 Å². The maximum absolute atomic E-state index is 14.6. The second-order valence-electron chi connectivity index (χ2n) is 16.6. The number of likely N-dealkylation sites (tertiary alicyclic amines) is 1. The summed E-state index contributed by atoms with van der Waals surface area (Å²) in [6.45, 7) is 6.45. The Morgan fingerprint density at radius 2 is 1.39 bits per heavy atom. The Kier molecular flexibility index (Phi) is 16.2. The van der Waals surface area contributed by atoms with Gasteiger partial charge in [0.1, 0.15) is 0 Å². The normalized spacial score (nSPS) is 17.8. The molecule has 1 aliphatic carbocycles. The van der Waals surface area contributed by atoms with E-state index in [9.17, 15) is 34.8 Å². The minimum absolute atomic E-state index is 0.0264. The number of hydrogen-bond donors (Lipinski definition) is 1. The van der Waals surface area contributed by atoms with E-state index in [1.807, 2.05) is 42.5 Å². The van der Waals surface area contributed by atoms with E-state index in [1.165, 1.54) is 41.3 Å². The number of alkyl halides is 3. The number of benzene rings is 4. The smallest absolute Gasteiger partial charge is 0.369 e. The van der Waals surface area contributed by atoms with Crippen molar-refractivity contribution in [1.82, 2.24) is 19.6 Å². The van der Waals surface area contributed by atoms with E-state index < -0.39 is 47.1 Å². The number of nitrogens with one attached hydrogen (secondary N) is 1. The summed E-state index contributed by atoms with van der Waals surface area (Å²) in [5.41, 5.74) is 2.31. The van der Waals surface area contributed by atoms with E-state index in [-0.39, 0.29) is 5.56 Å². The van der Waals surface area contributed by atoms with Crippen LogP contribution in [0.25, 0.3) is 5.57 Å². The largest absolute Gasteiger partial charge is 0.501 e. The van der Waals surface area contributed by atoms with Crippen LogP contribution in [-0.2, 0) is 19.9 Å². The third-order valence-electron chi connectivity index (χ3n) is 12.2. The first-order valence-electron chi connectivity index (χ1n) is 21.9. The third-order valence-corrected chi connectivity index (χ3v) is 16.7. The Balaban J connectivity index is 1.12. The predicted molar refractivity (Wildman–Crippen MR) is 249 cm³/mol. The Labute approximate surface area is 384 Å². The van der Waals surface area contributed by atoms with Gasteiger partial charge in [0.25, 0.3) is 25.8 Å². The Hall–Kier alpha value is -3.90. The molecule has 2 heterocycles. The monoisotopic (exact) mass is 957 g/mol. The highest BCUT2D eigenvalue weighted by Gasteiger charge is 2.47. The first kappa shape index (κ1) is 48.0. The average molecular weight is 959 g/mol. The number of sulfone groups is 1. The summed E-state index contributed by atoms with van der Waals surface area (Å²) >= 11 is 7.65. The molecule has 1 amide bonds. The zero-order chi connectivity index (χ0) is 45.3. The molecular weight excluding hydrogens is 903 g/mol. The van der Waals surface area contributed by atoms with Crippen molar-refractivity contribution in [2.45, 2.75) is 84.0 Å². The molecule has 7 rings (SSSR count). The number of piperazine rings is 1. The summed E-state index contributed by atoms with van der Waals surface area (Å²) < 4.78 is 95.4. The number of carbonyl (C=O) groups is 1. The van der Waals surface area contributed by atoms with Gasteiger partial charge in [-0.1, -0.05) is 66.4 Å². The summed E-state index contributed by atoms with van der Waals surface area (Å²) in [6, 6.07) is 26.7. The number of allylic oxidation sites excluding steroid dienone is 1. The fourth-order valence-electron chi connectivity index (χ4n) is 8.55. The van der Waals surface area contributed by atoms with E-state index in [1.54, 1.807) is 24.3 Å². The number of hydrazine groups is 1. The van der Waals surface area contributed by atoms with Crippen molar-refractivity contribution < 1.29 is 34.8 Å². The van der Waals surface area contributed by atoms with Gasteiger partial charge >= 0.3 is 5.51 Å². The van der Waals surface area contributed by atoms with Crippen molar-refractivity contribution >= 4 is 60.4 Å². The molecule has 64 heavy (non-hydrogen) atoms. The first-order valence-corrected chi connectivity index (χ1v) is 26.2. The summed E-state index contributed by atoms with van der Waals surface area (Å²) in [4.78, 5) is 20.5. The zero-order valence-electron chi connectivity index (χ0n) is 35.7. The van der Waals surface area contributed by atoms with Crippen LogP contribution in [0.1, 0.15) is 73.7 Å². The van der Waals surface area contributed by atoms with E-state index in [0.29, 0.717) is 35.3 Å². The second kappa shape index (κ2) is 21.6. The summed E-state index contributed by atoms with van der Waals surface area (Å²) in [5, 5.41) is 0.721. The molecule has 17 heteroatoms. The molecule has 2 fully saturated rings. The molecule has 4 aromatic rings. The van der Waals surface area contributed by atoms with Crippen molar-refractivity contribution in [2.24, 2.45) is 0 Å². The molecule has 344 valence electrons. The maximum atomic E-state index is 14.6. The quantitative estimate of drug-likeness (QED) is 0.0862. The highest BCUT2D eigenvalue weighted by atomic mass is 35.5. The molecule has 0 spiro atoms. The first-order chi connectivity index (χ1) is 30.7. The number of nitrogens with zero attached hydrogens (tertiary/aromatic N) is 4. The van der Waals surface area contributed by atoms with Crippen LogP contribution in [0.15, 0.2) is 123 Å². The molecule has 1 N–H and O–H groups in total. The van der Waals surface area contributed by atoms with Gasteiger partial charge in [0.15, 0.2) is 0 Å². The maximum Gasteiger partial charge on any atom is 0.501 e. The van der Waals surface area contributed by atoms with Gasteiger partial charge in [-0.3, -0.25) is 9.69 Å². The fourth-order valence-corrected chi connectivity index (χ4v) is 11.9. The molecule has 0 bridgehead atoms. The molecule has 1 atom stereocenters. The van der Waals surface area contributed by atoms with Crippen molar-refractivity contribution in [3.05, 3.63) is 125 Å². The standard InChI is InChI=1S/C47H55ClF3N5O5S3/c48-39-21-17-36(18-22-39)45-16-7-6-11-38(45)34-54-29-31-55(32-30-54)41-23-19-37(20-24-41)46(57)56(64(60,61)44-15-10-14-43(33-44)63(58,59)47(49,50)51)52-40(35-62-42-12-4-3-5-13-42)25-28-53-26-8-1-2-9-27-53/h3-5,10,12-15,17-24,33,40,52H,1-2,6-9,11,16,25-32,34-35H2/t40-/m1/s1. The number of thioether (sulfide) groups is 1. The van der Waals surface area contributed by atoms with Crippen LogP contribution in [-0.4, -0.2) is 107 Å². The lowest BCUT2D eigenvalue weighted by Gasteiger charge is -2.37. The van der Waals surface area contributed by atoms with Gasteiger partial charge in [-0.05, 0) is 142 Å². The molecule has 0 aromatic heterocycles. The lowest BCUT2D eigenvalue weighted by molar-refractivity contribution is -0.0436. The third kappa shape index (κ3) is 12.1. The summed E-state index contributed by atoms with van der Waals surface area (Å²) in [7, 11) is -10.9. The van der Waals surface area contributed by atoms with Crippen molar-refractivity contribution in [1.29, 1.82) is 0 Å². The van der Waals surface area contributed by atoms with Gasteiger partial charge in [0.05, 0.1) is 9.79 Å². The van der Waals surface area contributed by atoms with E-state index in [4.69, 9.17) is 11.6 Å². The number of hydrogen-bond acceptors (Lipinski definition) is 10. The lowest BCUT2D eigenvalue weighted by Crippen LogP contribution is -2.53. The van der Waals surface area contributed by atoms with Crippen LogP contribution in [0.4, 0.5) is 18.9 Å². The fraction of sp³-hybridized carbons (Fsp3) is 0.426.